The first-order chi connectivity index (χ1) is 18.5. The molecule has 202 valence electrons. The molecule has 0 aromatic heterocycles. The first kappa shape index (κ1) is 33.1. The Morgan fingerprint density at radius 2 is 0.789 bits per heavy atom. The summed E-state index contributed by atoms with van der Waals surface area (Å²) in [5, 5.41) is 0. The van der Waals surface area contributed by atoms with Crippen LogP contribution in [0.25, 0.3) is 0 Å². The molecule has 0 heterocycles. The fourth-order valence-electron chi connectivity index (χ4n) is 2.45. The minimum Gasteiger partial charge on any atom is -0.399 e. The molecule has 0 aliphatic rings. The molecule has 0 spiro atoms. The van der Waals surface area contributed by atoms with E-state index in [1.165, 1.54) is 9.79 Å². The Morgan fingerprint density at radius 1 is 0.421 bits per heavy atom. The highest BCUT2D eigenvalue weighted by atomic mass is 33.7. The van der Waals surface area contributed by atoms with Crippen LogP contribution in [-0.2, 0) is 0 Å². The molecule has 4 rings (SSSR count). The molecule has 0 radical (unpaired) electrons. The van der Waals surface area contributed by atoms with Crippen LogP contribution in [0.3, 0.4) is 0 Å². The Labute approximate surface area is 256 Å². The molecule has 38 heavy (non-hydrogen) atoms. The maximum absolute atomic E-state index is 5.87. The Morgan fingerprint density at radius 3 is 1.16 bits per heavy atom. The Kier molecular flexibility index (Phi) is 17.3. The van der Waals surface area contributed by atoms with Gasteiger partial charge >= 0.3 is 0 Å². The largest absolute Gasteiger partial charge is 0.399 e. The van der Waals surface area contributed by atoms with Gasteiger partial charge in [-0.3, -0.25) is 0 Å². The van der Waals surface area contributed by atoms with Gasteiger partial charge in [0.15, 0.2) is 0 Å². The maximum atomic E-state index is 5.87. The van der Waals surface area contributed by atoms with Crippen molar-refractivity contribution in [3.63, 3.8) is 0 Å². The summed E-state index contributed by atoms with van der Waals surface area (Å²) in [6.45, 7) is 4.00. The topological polar surface area (TPSA) is 104 Å². The predicted molar refractivity (Wildman–Crippen MR) is 189 cm³/mol. The highest BCUT2D eigenvalue weighted by Gasteiger charge is 2.03. The average molecular weight is 655 g/mol. The minimum absolute atomic E-state index is 0.800. The van der Waals surface area contributed by atoms with E-state index in [-0.39, 0.29) is 0 Å². The second-order valence-corrected chi connectivity index (χ2v) is 18.4. The van der Waals surface area contributed by atoms with Crippen molar-refractivity contribution in [3.8, 4) is 0 Å². The van der Waals surface area contributed by atoms with Crippen LogP contribution in [0.5, 0.6) is 0 Å². The number of anilines is 4. The summed E-state index contributed by atoms with van der Waals surface area (Å²) < 4.78 is 0. The van der Waals surface area contributed by atoms with Gasteiger partial charge in [-0.1, -0.05) is 50.2 Å². The summed E-state index contributed by atoms with van der Waals surface area (Å²) in [4.78, 5) is 4.52. The monoisotopic (exact) mass is 654 g/mol. The van der Waals surface area contributed by atoms with Gasteiger partial charge in [-0.2, -0.15) is 0 Å². The van der Waals surface area contributed by atoms with Gasteiger partial charge in [-0.25, -0.2) is 0 Å². The SMILES string of the molecule is CC.Nc1cccc(SSSSc2cccc(N)c2)c1.Nc1ccccc1SSSSc1ccccc1N. The van der Waals surface area contributed by atoms with Crippen molar-refractivity contribution < 1.29 is 0 Å². The third kappa shape index (κ3) is 13.3. The van der Waals surface area contributed by atoms with Crippen molar-refractivity contribution in [1.82, 2.24) is 0 Å². The van der Waals surface area contributed by atoms with Crippen LogP contribution >= 0.6 is 82.5 Å². The second-order valence-electron chi connectivity index (χ2n) is 6.83. The Balaban J connectivity index is 0.000000251. The summed E-state index contributed by atoms with van der Waals surface area (Å²) in [5.74, 6) is 0. The molecule has 0 aliphatic carbocycles. The van der Waals surface area contributed by atoms with Crippen molar-refractivity contribution in [2.24, 2.45) is 0 Å². The second kappa shape index (κ2) is 19.9. The van der Waals surface area contributed by atoms with E-state index in [1.54, 1.807) is 82.5 Å². The molecule has 0 bridgehead atoms. The van der Waals surface area contributed by atoms with Crippen molar-refractivity contribution in [1.29, 1.82) is 0 Å². The number of para-hydroxylation sites is 2. The van der Waals surface area contributed by atoms with Gasteiger partial charge < -0.3 is 22.9 Å². The van der Waals surface area contributed by atoms with Gasteiger partial charge in [0.2, 0.25) is 0 Å². The van der Waals surface area contributed by atoms with Crippen LogP contribution in [0.1, 0.15) is 13.8 Å². The number of hydrogen-bond acceptors (Lipinski definition) is 12. The third-order valence-electron chi connectivity index (χ3n) is 4.12. The molecular formula is C26H30N4S8. The summed E-state index contributed by atoms with van der Waals surface area (Å²) in [6, 6.07) is 31.5. The van der Waals surface area contributed by atoms with Crippen LogP contribution in [0.2, 0.25) is 0 Å². The standard InChI is InChI=1S/2C12H12N2S4.C2H6/c13-9-3-1-5-11(7-9)15-17-18-16-12-6-2-4-10(14)8-12;13-9-5-1-3-7-11(9)15-17-18-16-12-8-4-2-6-10(12)14;1-2/h2*1-8H,13-14H2;1-2H3. The number of nitrogen functional groups attached to an aromatic ring is 4. The molecule has 0 amide bonds. The van der Waals surface area contributed by atoms with Gasteiger partial charge in [0.1, 0.15) is 0 Å². The van der Waals surface area contributed by atoms with Crippen molar-refractivity contribution >= 4 is 105 Å². The van der Waals surface area contributed by atoms with Crippen molar-refractivity contribution in [3.05, 3.63) is 97.1 Å². The lowest BCUT2D eigenvalue weighted by Crippen LogP contribution is -1.85. The lowest BCUT2D eigenvalue weighted by molar-refractivity contribution is 1.47. The van der Waals surface area contributed by atoms with E-state index in [0.29, 0.717) is 0 Å². The molecule has 4 aromatic rings. The molecule has 8 N–H and O–H groups in total. The normalized spacial score (nSPS) is 10.1. The fourth-order valence-corrected chi connectivity index (χ4v) is 13.6. The quantitative estimate of drug-likeness (QED) is 0.0742. The molecule has 0 unspecified atom stereocenters. The van der Waals surface area contributed by atoms with E-state index in [2.05, 4.69) is 12.1 Å². The Bertz CT molecular complexity index is 1130. The summed E-state index contributed by atoms with van der Waals surface area (Å²) >= 11 is 0. The van der Waals surface area contributed by atoms with Crippen molar-refractivity contribution in [2.75, 3.05) is 22.9 Å². The molecule has 0 atom stereocenters. The molecule has 4 nitrogen and oxygen atoms in total. The van der Waals surface area contributed by atoms with E-state index in [0.717, 1.165) is 32.5 Å². The maximum Gasteiger partial charge on any atom is 0.0461 e. The first-order valence-corrected chi connectivity index (χ1v) is 20.9. The predicted octanol–water partition coefficient (Wildman–Crippen LogP) is 10.9. The molecule has 12 heteroatoms. The van der Waals surface area contributed by atoms with Crippen LogP contribution in [-0.4, -0.2) is 0 Å². The van der Waals surface area contributed by atoms with Crippen LogP contribution in [0.15, 0.2) is 117 Å². The molecule has 0 saturated heterocycles. The fraction of sp³-hybridized carbons (Fsp3) is 0.0769. The minimum atomic E-state index is 0.800. The van der Waals surface area contributed by atoms with E-state index < -0.39 is 0 Å². The lowest BCUT2D eigenvalue weighted by atomic mass is 10.3. The van der Waals surface area contributed by atoms with E-state index in [4.69, 9.17) is 22.9 Å². The van der Waals surface area contributed by atoms with E-state index in [9.17, 15) is 0 Å². The van der Waals surface area contributed by atoms with Gasteiger partial charge in [-0.05, 0) is 143 Å². The van der Waals surface area contributed by atoms with Gasteiger partial charge in [0.05, 0.1) is 0 Å². The Hall–Kier alpha value is -1.12. The number of benzene rings is 4. The highest BCUT2D eigenvalue weighted by molar-refractivity contribution is 9.26. The lowest BCUT2D eigenvalue weighted by Gasteiger charge is -2.04. The molecule has 0 aliphatic heterocycles. The number of hydrogen-bond donors (Lipinski definition) is 4. The molecule has 0 saturated carbocycles. The zero-order valence-electron chi connectivity index (χ0n) is 20.8. The van der Waals surface area contributed by atoms with Crippen LogP contribution in [0.4, 0.5) is 22.7 Å². The van der Waals surface area contributed by atoms with Crippen LogP contribution in [0, 0.1) is 0 Å². The van der Waals surface area contributed by atoms with Crippen LogP contribution < -0.4 is 22.9 Å². The van der Waals surface area contributed by atoms with Gasteiger partial charge in [-0.15, -0.1) is 0 Å². The van der Waals surface area contributed by atoms with Crippen molar-refractivity contribution in [2.45, 2.75) is 33.4 Å². The zero-order valence-corrected chi connectivity index (χ0v) is 27.3. The molecule has 4 aromatic carbocycles. The summed E-state index contributed by atoms with van der Waals surface area (Å²) in [6.07, 6.45) is 0. The summed E-state index contributed by atoms with van der Waals surface area (Å²) in [5.41, 5.74) is 26.4. The average Bonchev–Trinajstić information content (AvgIpc) is 2.93. The van der Waals surface area contributed by atoms with Gasteiger partial charge in [0, 0.05) is 42.3 Å². The third-order valence-corrected chi connectivity index (χ3v) is 16.3. The first-order valence-electron chi connectivity index (χ1n) is 11.3. The number of nitrogens with two attached hydrogens (primary N) is 4. The van der Waals surface area contributed by atoms with Gasteiger partial charge in [0.25, 0.3) is 0 Å². The zero-order chi connectivity index (χ0) is 27.6. The van der Waals surface area contributed by atoms with E-state index >= 15 is 0 Å². The molecule has 0 fully saturated rings. The molecular weight excluding hydrogens is 625 g/mol. The van der Waals surface area contributed by atoms with E-state index in [1.807, 2.05) is 98.8 Å². The smallest absolute Gasteiger partial charge is 0.0461 e. The number of rotatable bonds is 10. The summed E-state index contributed by atoms with van der Waals surface area (Å²) in [7, 11) is 13.5. The highest BCUT2D eigenvalue weighted by Crippen LogP contribution is 2.51.